The summed E-state index contributed by atoms with van der Waals surface area (Å²) in [5.74, 6) is 2.21. The molecule has 1 saturated heterocycles. The van der Waals surface area contributed by atoms with Gasteiger partial charge in [0.1, 0.15) is 11.9 Å². The van der Waals surface area contributed by atoms with Crippen LogP contribution in [0.25, 0.3) is 0 Å². The number of hydrogen-bond donors (Lipinski definition) is 1. The number of amides is 1. The first-order valence-corrected chi connectivity index (χ1v) is 8.79. The molecular weight excluding hydrogens is 312 g/mol. The van der Waals surface area contributed by atoms with Crippen LogP contribution in [0.1, 0.15) is 39.8 Å². The first kappa shape index (κ1) is 14.8. The van der Waals surface area contributed by atoms with Gasteiger partial charge in [0.15, 0.2) is 5.82 Å². The van der Waals surface area contributed by atoms with Crippen molar-refractivity contribution in [3.8, 4) is 0 Å². The second-order valence-electron chi connectivity index (χ2n) is 6.32. The highest BCUT2D eigenvalue weighted by atomic mass is 32.1. The van der Waals surface area contributed by atoms with E-state index in [1.165, 1.54) is 9.75 Å². The summed E-state index contributed by atoms with van der Waals surface area (Å²) >= 11 is 1.81. The third-order valence-electron chi connectivity index (χ3n) is 4.51. The van der Waals surface area contributed by atoms with Crippen LogP contribution in [-0.4, -0.2) is 45.7 Å². The Kier molecular flexibility index (Phi) is 3.69. The molecule has 3 heterocycles. The number of aromatic amines is 1. The Morgan fingerprint density at radius 2 is 2.30 bits per heavy atom. The normalized spacial score (nSPS) is 27.2. The van der Waals surface area contributed by atoms with E-state index in [-0.39, 0.29) is 17.9 Å². The van der Waals surface area contributed by atoms with E-state index < -0.39 is 0 Å². The van der Waals surface area contributed by atoms with Crippen molar-refractivity contribution in [1.29, 1.82) is 0 Å². The zero-order valence-corrected chi connectivity index (χ0v) is 14.1. The minimum atomic E-state index is -0.223. The lowest BCUT2D eigenvalue weighted by Crippen LogP contribution is -2.43. The fraction of sp³-hybridized carbons (Fsp3) is 0.562. The van der Waals surface area contributed by atoms with Crippen molar-refractivity contribution in [3.63, 3.8) is 0 Å². The maximum Gasteiger partial charge on any atom is 0.226 e. The number of morpholine rings is 1. The van der Waals surface area contributed by atoms with Crippen molar-refractivity contribution in [2.24, 2.45) is 5.92 Å². The third kappa shape index (κ3) is 2.90. The second kappa shape index (κ2) is 5.72. The monoisotopic (exact) mass is 332 g/mol. The van der Waals surface area contributed by atoms with Gasteiger partial charge in [-0.1, -0.05) is 0 Å². The Bertz CT molecular complexity index is 725. The van der Waals surface area contributed by atoms with E-state index in [9.17, 15) is 4.79 Å². The summed E-state index contributed by atoms with van der Waals surface area (Å²) in [6.07, 6.45) is 0.749. The minimum Gasteiger partial charge on any atom is -0.366 e. The van der Waals surface area contributed by atoms with Gasteiger partial charge in [-0.15, -0.1) is 11.3 Å². The molecule has 4 rings (SSSR count). The Hall–Kier alpha value is -1.73. The van der Waals surface area contributed by atoms with Crippen molar-refractivity contribution in [2.45, 2.75) is 32.3 Å². The van der Waals surface area contributed by atoms with Gasteiger partial charge in [-0.2, -0.15) is 5.10 Å². The van der Waals surface area contributed by atoms with Crippen LogP contribution in [0.4, 0.5) is 0 Å². The van der Waals surface area contributed by atoms with Crippen molar-refractivity contribution in [3.05, 3.63) is 33.5 Å². The first-order chi connectivity index (χ1) is 11.1. The number of ether oxygens (including phenoxy) is 1. The maximum atomic E-state index is 12.8. The van der Waals surface area contributed by atoms with Crippen LogP contribution in [0.5, 0.6) is 0 Å². The summed E-state index contributed by atoms with van der Waals surface area (Å²) in [6, 6.07) is 4.30. The van der Waals surface area contributed by atoms with Gasteiger partial charge in [0.05, 0.1) is 13.2 Å². The van der Waals surface area contributed by atoms with Gasteiger partial charge in [0.25, 0.3) is 0 Å². The molecule has 6 nitrogen and oxygen atoms in total. The summed E-state index contributed by atoms with van der Waals surface area (Å²) < 4.78 is 5.74. The van der Waals surface area contributed by atoms with E-state index in [0.717, 1.165) is 12.2 Å². The quantitative estimate of drug-likeness (QED) is 0.935. The average molecular weight is 332 g/mol. The van der Waals surface area contributed by atoms with Crippen LogP contribution in [0.15, 0.2) is 12.1 Å². The molecule has 23 heavy (non-hydrogen) atoms. The number of aromatic nitrogens is 3. The number of H-pyrrole nitrogens is 1. The minimum absolute atomic E-state index is 0.140. The van der Waals surface area contributed by atoms with Crippen LogP contribution in [-0.2, 0) is 9.53 Å². The number of nitrogens with one attached hydrogen (secondary N) is 1. The molecule has 3 atom stereocenters. The van der Waals surface area contributed by atoms with Crippen molar-refractivity contribution in [2.75, 3.05) is 19.7 Å². The molecule has 2 aromatic rings. The first-order valence-electron chi connectivity index (χ1n) is 7.97. The number of carbonyl (C=O) groups excluding carboxylic acids is 1. The number of hydrogen-bond acceptors (Lipinski definition) is 5. The Morgan fingerprint density at radius 3 is 3.00 bits per heavy atom. The van der Waals surface area contributed by atoms with Crippen LogP contribution < -0.4 is 0 Å². The van der Waals surface area contributed by atoms with E-state index in [1.54, 1.807) is 11.3 Å². The van der Waals surface area contributed by atoms with E-state index in [2.05, 4.69) is 34.2 Å². The predicted molar refractivity (Wildman–Crippen MR) is 86.3 cm³/mol. The number of carbonyl (C=O) groups is 1. The molecule has 0 unspecified atom stereocenters. The molecule has 1 N–H and O–H groups in total. The summed E-state index contributed by atoms with van der Waals surface area (Å²) in [7, 11) is 0. The molecule has 2 aliphatic rings. The summed E-state index contributed by atoms with van der Waals surface area (Å²) in [6.45, 7) is 5.71. The zero-order chi connectivity index (χ0) is 16.0. The lowest BCUT2D eigenvalue weighted by Gasteiger charge is -2.31. The molecule has 0 bridgehead atoms. The van der Waals surface area contributed by atoms with Gasteiger partial charge < -0.3 is 9.64 Å². The Balaban J connectivity index is 1.41. The van der Waals surface area contributed by atoms with Crippen LogP contribution in [0.3, 0.4) is 0 Å². The lowest BCUT2D eigenvalue weighted by molar-refractivity contribution is -0.140. The average Bonchev–Trinajstić information content (AvgIpc) is 3.04. The van der Waals surface area contributed by atoms with E-state index in [0.29, 0.717) is 31.4 Å². The fourth-order valence-corrected chi connectivity index (χ4v) is 4.24. The number of nitrogens with zero attached hydrogens (tertiary/aromatic N) is 3. The number of thiophene rings is 1. The lowest BCUT2D eigenvalue weighted by atomic mass is 10.2. The second-order valence-corrected chi connectivity index (χ2v) is 7.64. The van der Waals surface area contributed by atoms with E-state index >= 15 is 0 Å². The number of aryl methyl sites for hydroxylation is 2. The highest BCUT2D eigenvalue weighted by Gasteiger charge is 2.47. The molecule has 1 aliphatic heterocycles. The van der Waals surface area contributed by atoms with E-state index in [4.69, 9.17) is 4.74 Å². The standard InChI is InChI=1S/C16H20N4O2S/c1-9-3-4-14(23-9)11-7-12(11)16(21)20-5-6-22-13(8-20)15-17-10(2)18-19-15/h3-4,11-13H,5-8H2,1-2H3,(H,17,18,19)/t11-,12+,13+/m1/s1. The highest BCUT2D eigenvalue weighted by Crippen LogP contribution is 2.50. The van der Waals surface area contributed by atoms with E-state index in [1.807, 2.05) is 11.8 Å². The van der Waals surface area contributed by atoms with Crippen LogP contribution >= 0.6 is 11.3 Å². The molecule has 0 radical (unpaired) electrons. The molecule has 122 valence electrons. The molecule has 2 fully saturated rings. The molecule has 0 spiro atoms. The molecular formula is C16H20N4O2S. The van der Waals surface area contributed by atoms with Gasteiger partial charge in [-0.3, -0.25) is 9.89 Å². The smallest absolute Gasteiger partial charge is 0.226 e. The molecule has 1 aliphatic carbocycles. The summed E-state index contributed by atoms with van der Waals surface area (Å²) in [4.78, 5) is 21.7. The Labute approximate surface area is 138 Å². The molecule has 2 aromatic heterocycles. The van der Waals surface area contributed by atoms with Gasteiger partial charge in [-0.25, -0.2) is 4.98 Å². The van der Waals surface area contributed by atoms with Gasteiger partial charge in [0, 0.05) is 28.1 Å². The molecule has 0 aromatic carbocycles. The van der Waals surface area contributed by atoms with Gasteiger partial charge in [0.2, 0.25) is 5.91 Å². The topological polar surface area (TPSA) is 71.1 Å². The van der Waals surface area contributed by atoms with Gasteiger partial charge in [-0.05, 0) is 32.4 Å². The van der Waals surface area contributed by atoms with Crippen molar-refractivity contribution >= 4 is 17.2 Å². The van der Waals surface area contributed by atoms with Gasteiger partial charge >= 0.3 is 0 Å². The molecule has 1 saturated carbocycles. The molecule has 7 heteroatoms. The van der Waals surface area contributed by atoms with Crippen LogP contribution in [0, 0.1) is 19.8 Å². The highest BCUT2D eigenvalue weighted by molar-refractivity contribution is 7.12. The third-order valence-corrected chi connectivity index (χ3v) is 5.65. The summed E-state index contributed by atoms with van der Waals surface area (Å²) in [5, 5.41) is 6.99. The summed E-state index contributed by atoms with van der Waals surface area (Å²) in [5.41, 5.74) is 0. The fourth-order valence-electron chi connectivity index (χ4n) is 3.18. The van der Waals surface area contributed by atoms with Crippen molar-refractivity contribution < 1.29 is 9.53 Å². The molecule has 1 amide bonds. The largest absolute Gasteiger partial charge is 0.366 e. The maximum absolute atomic E-state index is 12.8. The SMILES string of the molecule is Cc1nc([C@@H]2CN(C(=O)[C@H]3C[C@H]3c3ccc(C)s3)CCO2)n[nH]1. The predicted octanol–water partition coefficient (Wildman–Crippen LogP) is 2.19. The van der Waals surface area contributed by atoms with Crippen molar-refractivity contribution in [1.82, 2.24) is 20.1 Å². The van der Waals surface area contributed by atoms with Crippen LogP contribution in [0.2, 0.25) is 0 Å². The number of rotatable bonds is 3. The Morgan fingerprint density at radius 1 is 1.43 bits per heavy atom. The zero-order valence-electron chi connectivity index (χ0n) is 13.3.